The third-order valence-corrected chi connectivity index (χ3v) is 6.27. The van der Waals surface area contributed by atoms with Crippen molar-refractivity contribution in [3.63, 3.8) is 0 Å². The number of benzene rings is 1. The van der Waals surface area contributed by atoms with Gasteiger partial charge < -0.3 is 4.90 Å². The van der Waals surface area contributed by atoms with Crippen LogP contribution < -0.4 is 4.90 Å². The van der Waals surface area contributed by atoms with Crippen LogP contribution in [0.1, 0.15) is 31.0 Å². The molecular weight excluding hydrogens is 353 g/mol. The maximum Gasteiger partial charge on any atom is 0.146 e. The van der Waals surface area contributed by atoms with Crippen molar-refractivity contribution in [2.75, 3.05) is 44.2 Å². The third kappa shape index (κ3) is 4.23. The highest BCUT2D eigenvalue weighted by atomic mass is 19.1. The Labute approximate surface area is 167 Å². The molecule has 0 saturated carbocycles. The van der Waals surface area contributed by atoms with Crippen LogP contribution in [0.15, 0.2) is 30.5 Å². The van der Waals surface area contributed by atoms with Crippen LogP contribution in [0.3, 0.4) is 0 Å². The SMILES string of the molecule is CCn1cc(CN2CCCC(N3CCN(c4ccccc4F)CC3)C2)c(C)n1. The highest BCUT2D eigenvalue weighted by Crippen LogP contribution is 2.24. The first-order chi connectivity index (χ1) is 13.6. The minimum Gasteiger partial charge on any atom is -0.367 e. The predicted octanol–water partition coefficient (Wildman–Crippen LogP) is 3.14. The van der Waals surface area contributed by atoms with Crippen molar-refractivity contribution in [2.24, 2.45) is 0 Å². The van der Waals surface area contributed by atoms with Gasteiger partial charge in [-0.3, -0.25) is 14.5 Å². The molecule has 1 atom stereocenters. The summed E-state index contributed by atoms with van der Waals surface area (Å²) < 4.78 is 16.1. The van der Waals surface area contributed by atoms with Gasteiger partial charge in [-0.1, -0.05) is 12.1 Å². The second-order valence-corrected chi connectivity index (χ2v) is 8.10. The van der Waals surface area contributed by atoms with Gasteiger partial charge in [-0.2, -0.15) is 5.10 Å². The van der Waals surface area contributed by atoms with Crippen LogP contribution in [0.4, 0.5) is 10.1 Å². The Morgan fingerprint density at radius 3 is 2.61 bits per heavy atom. The second-order valence-electron chi connectivity index (χ2n) is 8.10. The summed E-state index contributed by atoms with van der Waals surface area (Å²) in [5.41, 5.74) is 3.25. The number of piperazine rings is 1. The number of hydrogen-bond acceptors (Lipinski definition) is 4. The third-order valence-electron chi connectivity index (χ3n) is 6.27. The van der Waals surface area contributed by atoms with Gasteiger partial charge in [0.05, 0.1) is 11.4 Å². The molecule has 1 unspecified atom stereocenters. The highest BCUT2D eigenvalue weighted by Gasteiger charge is 2.29. The van der Waals surface area contributed by atoms with Gasteiger partial charge >= 0.3 is 0 Å². The lowest BCUT2D eigenvalue weighted by Gasteiger charge is -2.44. The van der Waals surface area contributed by atoms with E-state index in [0.29, 0.717) is 6.04 Å². The van der Waals surface area contributed by atoms with Crippen LogP contribution in [0.2, 0.25) is 0 Å². The molecule has 2 aromatic rings. The summed E-state index contributed by atoms with van der Waals surface area (Å²) in [6, 6.07) is 7.75. The Morgan fingerprint density at radius 1 is 1.11 bits per heavy atom. The Kier molecular flexibility index (Phi) is 5.97. The van der Waals surface area contributed by atoms with Crippen molar-refractivity contribution in [1.82, 2.24) is 19.6 Å². The molecule has 4 rings (SSSR count). The van der Waals surface area contributed by atoms with Crippen molar-refractivity contribution in [2.45, 2.75) is 45.8 Å². The van der Waals surface area contributed by atoms with Gasteiger partial charge in [0.25, 0.3) is 0 Å². The zero-order valence-electron chi connectivity index (χ0n) is 17.1. The smallest absolute Gasteiger partial charge is 0.146 e. The van der Waals surface area contributed by atoms with E-state index in [9.17, 15) is 4.39 Å². The van der Waals surface area contributed by atoms with Crippen molar-refractivity contribution in [3.8, 4) is 0 Å². The maximum absolute atomic E-state index is 14.1. The zero-order chi connectivity index (χ0) is 19.5. The summed E-state index contributed by atoms with van der Waals surface area (Å²) in [7, 11) is 0. The van der Waals surface area contributed by atoms with Gasteiger partial charge in [0, 0.05) is 63.6 Å². The van der Waals surface area contributed by atoms with Crippen molar-refractivity contribution < 1.29 is 4.39 Å². The molecule has 0 radical (unpaired) electrons. The number of aryl methyl sites for hydroxylation is 2. The van der Waals surface area contributed by atoms with Gasteiger partial charge in [0.1, 0.15) is 5.82 Å². The van der Waals surface area contributed by atoms with Crippen LogP contribution in [0.5, 0.6) is 0 Å². The average molecular weight is 386 g/mol. The fourth-order valence-electron chi connectivity index (χ4n) is 4.63. The molecule has 2 fully saturated rings. The van der Waals surface area contributed by atoms with Gasteiger partial charge in [-0.25, -0.2) is 4.39 Å². The van der Waals surface area contributed by atoms with Crippen LogP contribution in [-0.2, 0) is 13.1 Å². The average Bonchev–Trinajstić information content (AvgIpc) is 3.08. The molecule has 2 aliphatic rings. The Bertz CT molecular complexity index is 781. The minimum atomic E-state index is -0.109. The molecule has 0 amide bonds. The number of nitrogens with zero attached hydrogens (tertiary/aromatic N) is 5. The molecule has 2 aliphatic heterocycles. The molecule has 0 aliphatic carbocycles. The number of halogens is 1. The summed E-state index contributed by atoms with van der Waals surface area (Å²) in [4.78, 5) is 7.39. The van der Waals surface area contributed by atoms with Crippen LogP contribution >= 0.6 is 0 Å². The number of anilines is 1. The number of hydrogen-bond donors (Lipinski definition) is 0. The van der Waals surface area contributed by atoms with E-state index in [1.165, 1.54) is 24.9 Å². The van der Waals surface area contributed by atoms with Crippen molar-refractivity contribution in [1.29, 1.82) is 0 Å². The van der Waals surface area contributed by atoms with E-state index < -0.39 is 0 Å². The quantitative estimate of drug-likeness (QED) is 0.790. The molecule has 0 spiro atoms. The Hall–Kier alpha value is -1.92. The number of aromatic nitrogens is 2. The molecule has 1 aromatic heterocycles. The molecule has 0 N–H and O–H groups in total. The molecule has 5 nitrogen and oxygen atoms in total. The lowest BCUT2D eigenvalue weighted by molar-refractivity contribution is 0.0885. The van der Waals surface area contributed by atoms with Gasteiger partial charge in [-0.05, 0) is 45.4 Å². The van der Waals surface area contributed by atoms with E-state index in [1.54, 1.807) is 12.1 Å². The first-order valence-corrected chi connectivity index (χ1v) is 10.6. The Morgan fingerprint density at radius 2 is 1.89 bits per heavy atom. The van der Waals surface area contributed by atoms with Crippen LogP contribution in [0, 0.1) is 12.7 Å². The minimum absolute atomic E-state index is 0.109. The molecule has 152 valence electrons. The van der Waals surface area contributed by atoms with E-state index in [1.807, 2.05) is 16.8 Å². The molecule has 2 saturated heterocycles. The molecule has 28 heavy (non-hydrogen) atoms. The van der Waals surface area contributed by atoms with Gasteiger partial charge in [0.2, 0.25) is 0 Å². The first-order valence-electron chi connectivity index (χ1n) is 10.6. The summed E-state index contributed by atoms with van der Waals surface area (Å²) in [6.45, 7) is 12.3. The van der Waals surface area contributed by atoms with Gasteiger partial charge in [0.15, 0.2) is 0 Å². The molecular formula is C22H32FN5. The fraction of sp³-hybridized carbons (Fsp3) is 0.591. The Balaban J connectivity index is 1.33. The monoisotopic (exact) mass is 385 g/mol. The largest absolute Gasteiger partial charge is 0.367 e. The molecule has 1 aromatic carbocycles. The van der Waals surface area contributed by atoms with Gasteiger partial charge in [-0.15, -0.1) is 0 Å². The summed E-state index contributed by atoms with van der Waals surface area (Å²) in [5.74, 6) is -0.109. The van der Waals surface area contributed by atoms with E-state index in [0.717, 1.165) is 57.2 Å². The second kappa shape index (κ2) is 8.62. The standard InChI is InChI=1S/C22H32FN5/c1-3-28-16-19(18(2)24-28)15-25-10-6-7-20(17-25)26-11-13-27(14-12-26)22-9-5-4-8-21(22)23/h4-5,8-9,16,20H,3,6-7,10-15,17H2,1-2H3. The lowest BCUT2D eigenvalue weighted by Crippen LogP contribution is -2.55. The molecule has 0 bridgehead atoms. The van der Waals surface area contributed by atoms with E-state index in [-0.39, 0.29) is 5.82 Å². The van der Waals surface area contributed by atoms with Crippen molar-refractivity contribution >= 4 is 5.69 Å². The maximum atomic E-state index is 14.1. The summed E-state index contributed by atoms with van der Waals surface area (Å²) in [5, 5.41) is 4.59. The zero-order valence-corrected chi connectivity index (χ0v) is 17.1. The molecule has 6 heteroatoms. The fourth-order valence-corrected chi connectivity index (χ4v) is 4.63. The number of likely N-dealkylation sites (tertiary alicyclic amines) is 1. The first kappa shape index (κ1) is 19.4. The number of para-hydroxylation sites is 1. The summed E-state index contributed by atoms with van der Waals surface area (Å²) >= 11 is 0. The normalized spacial score (nSPS) is 22.0. The topological polar surface area (TPSA) is 27.5 Å². The highest BCUT2D eigenvalue weighted by molar-refractivity contribution is 5.48. The van der Waals surface area contributed by atoms with Crippen LogP contribution in [-0.4, -0.2) is 64.9 Å². The van der Waals surface area contributed by atoms with Crippen molar-refractivity contribution in [3.05, 3.63) is 47.5 Å². The van der Waals surface area contributed by atoms with E-state index >= 15 is 0 Å². The van der Waals surface area contributed by atoms with E-state index in [4.69, 9.17) is 0 Å². The lowest BCUT2D eigenvalue weighted by atomic mass is 10.0. The van der Waals surface area contributed by atoms with E-state index in [2.05, 4.69) is 39.8 Å². The van der Waals surface area contributed by atoms with Crippen LogP contribution in [0.25, 0.3) is 0 Å². The predicted molar refractivity (Wildman–Crippen MR) is 111 cm³/mol. The number of rotatable bonds is 5. The number of piperidine rings is 1. The summed E-state index contributed by atoms with van der Waals surface area (Å²) in [6.07, 6.45) is 4.72. The molecule has 3 heterocycles.